The van der Waals surface area contributed by atoms with E-state index < -0.39 is 0 Å². The summed E-state index contributed by atoms with van der Waals surface area (Å²) in [4.78, 5) is 13.5. The minimum absolute atomic E-state index is 0.128. The van der Waals surface area contributed by atoms with Crippen LogP contribution < -0.4 is 5.73 Å². The third kappa shape index (κ3) is 1.23. The van der Waals surface area contributed by atoms with Gasteiger partial charge in [-0.25, -0.2) is 0 Å². The van der Waals surface area contributed by atoms with Crippen LogP contribution in [-0.2, 0) is 4.79 Å². The van der Waals surface area contributed by atoms with Crippen LogP contribution in [0.3, 0.4) is 0 Å². The molecule has 4 heteroatoms. The Morgan fingerprint density at radius 2 is 2.50 bits per heavy atom. The van der Waals surface area contributed by atoms with E-state index in [-0.39, 0.29) is 11.9 Å². The highest BCUT2D eigenvalue weighted by Gasteiger charge is 2.41. The van der Waals surface area contributed by atoms with Crippen molar-refractivity contribution in [3.63, 3.8) is 0 Å². The van der Waals surface area contributed by atoms with E-state index in [4.69, 9.17) is 5.73 Å². The van der Waals surface area contributed by atoms with E-state index in [0.29, 0.717) is 11.3 Å². The van der Waals surface area contributed by atoms with Crippen LogP contribution in [0.2, 0.25) is 0 Å². The molecule has 0 aromatic rings. The van der Waals surface area contributed by atoms with Gasteiger partial charge in [0.05, 0.1) is 6.04 Å². The smallest absolute Gasteiger partial charge is 0.239 e. The summed E-state index contributed by atoms with van der Waals surface area (Å²) in [5.74, 6) is 1.24. The minimum Gasteiger partial charge on any atom is -0.336 e. The molecule has 2 aliphatic heterocycles. The Labute approximate surface area is 76.7 Å². The largest absolute Gasteiger partial charge is 0.336 e. The van der Waals surface area contributed by atoms with Crippen LogP contribution in [-0.4, -0.2) is 40.4 Å². The normalized spacial score (nSPS) is 35.7. The second-order valence-corrected chi connectivity index (χ2v) is 4.96. The summed E-state index contributed by atoms with van der Waals surface area (Å²) in [7, 11) is 0. The molecule has 0 spiro atoms. The molecule has 2 fully saturated rings. The first-order valence-corrected chi connectivity index (χ1v) is 5.41. The van der Waals surface area contributed by atoms with Gasteiger partial charge in [-0.2, -0.15) is 11.8 Å². The van der Waals surface area contributed by atoms with Crippen LogP contribution in [0.15, 0.2) is 0 Å². The van der Waals surface area contributed by atoms with E-state index in [2.05, 4.69) is 0 Å². The van der Waals surface area contributed by atoms with Crippen molar-refractivity contribution in [2.45, 2.75) is 30.7 Å². The first kappa shape index (κ1) is 8.38. The zero-order chi connectivity index (χ0) is 8.72. The molecule has 3 nitrogen and oxygen atoms in total. The molecule has 68 valence electrons. The monoisotopic (exact) mass is 186 g/mol. The maximum Gasteiger partial charge on any atom is 0.239 e. The number of carbonyl (C=O) groups is 1. The highest BCUT2D eigenvalue weighted by atomic mass is 32.2. The number of fused-ring (bicyclic) bond motifs is 2. The van der Waals surface area contributed by atoms with Crippen LogP contribution >= 0.6 is 11.8 Å². The molecule has 12 heavy (non-hydrogen) atoms. The van der Waals surface area contributed by atoms with Gasteiger partial charge in [-0.1, -0.05) is 0 Å². The van der Waals surface area contributed by atoms with Gasteiger partial charge in [0.1, 0.15) is 0 Å². The lowest BCUT2D eigenvalue weighted by molar-refractivity contribution is -0.132. The third-order valence-corrected chi connectivity index (χ3v) is 3.96. The summed E-state index contributed by atoms with van der Waals surface area (Å²) in [6.07, 6.45) is 1.18. The van der Waals surface area contributed by atoms with Crippen molar-refractivity contribution >= 4 is 17.7 Å². The van der Waals surface area contributed by atoms with Gasteiger partial charge in [-0.3, -0.25) is 4.79 Å². The molecule has 2 heterocycles. The Hall–Kier alpha value is -0.220. The molecule has 3 atom stereocenters. The van der Waals surface area contributed by atoms with Crippen LogP contribution in [0.4, 0.5) is 0 Å². The van der Waals surface area contributed by atoms with Gasteiger partial charge in [-0.05, 0) is 13.3 Å². The summed E-state index contributed by atoms with van der Waals surface area (Å²) in [5, 5.41) is 0.692. The molecular weight excluding hydrogens is 172 g/mol. The molecule has 0 saturated carbocycles. The van der Waals surface area contributed by atoms with Crippen LogP contribution in [0, 0.1) is 0 Å². The van der Waals surface area contributed by atoms with Crippen molar-refractivity contribution in [1.82, 2.24) is 4.90 Å². The first-order chi connectivity index (χ1) is 5.68. The number of amides is 1. The Morgan fingerprint density at radius 1 is 1.75 bits per heavy atom. The predicted molar refractivity (Wildman–Crippen MR) is 50.0 cm³/mol. The van der Waals surface area contributed by atoms with E-state index >= 15 is 0 Å². The summed E-state index contributed by atoms with van der Waals surface area (Å²) in [6, 6.07) is 0.160. The molecule has 2 aliphatic rings. The van der Waals surface area contributed by atoms with E-state index in [1.54, 1.807) is 6.92 Å². The number of hydrogen-bond donors (Lipinski definition) is 1. The van der Waals surface area contributed by atoms with Gasteiger partial charge >= 0.3 is 0 Å². The quantitative estimate of drug-likeness (QED) is 0.629. The molecule has 2 bridgehead atoms. The van der Waals surface area contributed by atoms with Crippen molar-refractivity contribution in [3.05, 3.63) is 0 Å². The van der Waals surface area contributed by atoms with Crippen LogP contribution in [0.25, 0.3) is 0 Å². The molecular formula is C8H14N2OS. The zero-order valence-corrected chi connectivity index (χ0v) is 8.01. The van der Waals surface area contributed by atoms with Crippen LogP contribution in [0.5, 0.6) is 0 Å². The minimum atomic E-state index is -0.325. The summed E-state index contributed by atoms with van der Waals surface area (Å²) in [5.41, 5.74) is 5.55. The molecule has 2 saturated heterocycles. The van der Waals surface area contributed by atoms with E-state index in [9.17, 15) is 4.79 Å². The fourth-order valence-electron chi connectivity index (χ4n) is 1.93. The lowest BCUT2D eigenvalue weighted by Crippen LogP contribution is -2.46. The first-order valence-electron chi connectivity index (χ1n) is 4.36. The standard InChI is InChI=1S/C8H14N2OS/c1-5(9)8(11)10-3-7-2-6(10)4-12-7/h5-7H,2-4,9H2,1H3. The highest BCUT2D eigenvalue weighted by molar-refractivity contribution is 8.00. The van der Waals surface area contributed by atoms with Crippen molar-refractivity contribution in [1.29, 1.82) is 0 Å². The molecule has 3 unspecified atom stereocenters. The molecule has 1 amide bonds. The maximum absolute atomic E-state index is 11.5. The van der Waals surface area contributed by atoms with Gasteiger partial charge in [0.25, 0.3) is 0 Å². The van der Waals surface area contributed by atoms with Crippen molar-refractivity contribution < 1.29 is 4.79 Å². The lowest BCUT2D eigenvalue weighted by atomic mass is 10.2. The van der Waals surface area contributed by atoms with Gasteiger partial charge in [0.2, 0.25) is 5.91 Å². The number of nitrogens with zero attached hydrogens (tertiary/aromatic N) is 1. The average Bonchev–Trinajstić information content (AvgIpc) is 2.62. The summed E-state index contributed by atoms with van der Waals surface area (Å²) in [6.45, 7) is 2.69. The lowest BCUT2D eigenvalue weighted by Gasteiger charge is -2.27. The van der Waals surface area contributed by atoms with Gasteiger partial charge in [0.15, 0.2) is 0 Å². The second kappa shape index (κ2) is 2.92. The zero-order valence-electron chi connectivity index (χ0n) is 7.19. The molecule has 2 N–H and O–H groups in total. The number of carbonyl (C=O) groups excluding carboxylic acids is 1. The van der Waals surface area contributed by atoms with Crippen molar-refractivity contribution in [2.24, 2.45) is 5.73 Å². The Bertz CT molecular complexity index is 207. The van der Waals surface area contributed by atoms with E-state index in [1.807, 2.05) is 16.7 Å². The predicted octanol–water partition coefficient (Wildman–Crippen LogP) is 0.0499. The van der Waals surface area contributed by atoms with Crippen molar-refractivity contribution in [3.8, 4) is 0 Å². The van der Waals surface area contributed by atoms with Crippen LogP contribution in [0.1, 0.15) is 13.3 Å². The fourth-order valence-corrected chi connectivity index (χ4v) is 3.37. The number of likely N-dealkylation sites (tertiary alicyclic amines) is 1. The Kier molecular flexibility index (Phi) is 2.04. The van der Waals surface area contributed by atoms with E-state index in [1.165, 1.54) is 6.42 Å². The number of nitrogens with two attached hydrogens (primary N) is 1. The van der Waals surface area contributed by atoms with E-state index in [0.717, 1.165) is 12.3 Å². The molecule has 0 aromatic carbocycles. The second-order valence-electron chi connectivity index (χ2n) is 3.62. The molecule has 0 aromatic heterocycles. The van der Waals surface area contributed by atoms with Gasteiger partial charge in [-0.15, -0.1) is 0 Å². The van der Waals surface area contributed by atoms with Gasteiger partial charge in [0, 0.05) is 23.6 Å². The number of hydrogen-bond acceptors (Lipinski definition) is 3. The third-order valence-electron chi connectivity index (χ3n) is 2.57. The number of thioether (sulfide) groups is 1. The highest BCUT2D eigenvalue weighted by Crippen LogP contribution is 2.37. The SMILES string of the molecule is CC(N)C(=O)N1CC2CC1CS2. The van der Waals surface area contributed by atoms with Gasteiger partial charge < -0.3 is 10.6 Å². The molecule has 0 radical (unpaired) electrons. The Balaban J connectivity index is 2.02. The summed E-state index contributed by atoms with van der Waals surface area (Å²) >= 11 is 1.99. The Morgan fingerprint density at radius 3 is 2.92 bits per heavy atom. The topological polar surface area (TPSA) is 46.3 Å². The maximum atomic E-state index is 11.5. The molecule has 0 aliphatic carbocycles. The number of rotatable bonds is 1. The summed E-state index contributed by atoms with van der Waals surface area (Å²) < 4.78 is 0. The molecule has 2 rings (SSSR count). The fraction of sp³-hybridized carbons (Fsp3) is 0.875. The van der Waals surface area contributed by atoms with Crippen molar-refractivity contribution in [2.75, 3.05) is 12.3 Å². The average molecular weight is 186 g/mol.